The molecule has 1 unspecified atom stereocenters. The van der Waals surface area contributed by atoms with Crippen molar-refractivity contribution in [1.29, 1.82) is 0 Å². The van der Waals surface area contributed by atoms with Gasteiger partial charge < -0.3 is 0 Å². The average molecular weight is 665 g/mol. The SMILES string of the molecule is CC1=C(c2ccc3c(c2C)-c2ccccc2C3(c2ccccc2)c2cccc(B(c3ccccc3)c3ccc(-c4ccccc4)cc3)c2)C=CCC1. The number of hydrogen-bond donors (Lipinski definition) is 0. The molecule has 0 N–H and O–H groups in total. The highest BCUT2D eigenvalue weighted by Crippen LogP contribution is 2.57. The molecule has 0 spiro atoms. The molecule has 0 saturated heterocycles. The molecule has 0 heterocycles. The summed E-state index contributed by atoms with van der Waals surface area (Å²) in [5.74, 6) is 0. The molecule has 0 aliphatic heterocycles. The van der Waals surface area contributed by atoms with E-state index in [2.05, 4.69) is 202 Å². The first-order valence-electron chi connectivity index (χ1n) is 18.6. The first kappa shape index (κ1) is 32.0. The van der Waals surface area contributed by atoms with Gasteiger partial charge in [-0.1, -0.05) is 210 Å². The van der Waals surface area contributed by atoms with E-state index in [1.807, 2.05) is 0 Å². The van der Waals surface area contributed by atoms with Crippen molar-refractivity contribution >= 4 is 28.7 Å². The van der Waals surface area contributed by atoms with Crippen molar-refractivity contribution in [3.63, 3.8) is 0 Å². The van der Waals surface area contributed by atoms with Gasteiger partial charge in [-0.3, -0.25) is 0 Å². The fourth-order valence-electron chi connectivity index (χ4n) is 9.08. The summed E-state index contributed by atoms with van der Waals surface area (Å²) in [5, 5.41) is 0. The van der Waals surface area contributed by atoms with Gasteiger partial charge in [-0.15, -0.1) is 0 Å². The van der Waals surface area contributed by atoms with Crippen LogP contribution in [0.1, 0.15) is 53.1 Å². The molecule has 248 valence electrons. The molecule has 1 atom stereocenters. The summed E-state index contributed by atoms with van der Waals surface area (Å²) in [6.45, 7) is 4.72. The number of allylic oxidation sites excluding steroid dienone is 4. The van der Waals surface area contributed by atoms with E-state index < -0.39 is 5.41 Å². The van der Waals surface area contributed by atoms with Gasteiger partial charge in [-0.2, -0.15) is 0 Å². The Hall–Kier alpha value is -5.92. The first-order valence-corrected chi connectivity index (χ1v) is 18.6. The first-order chi connectivity index (χ1) is 25.6. The van der Waals surface area contributed by atoms with Crippen LogP contribution in [-0.4, -0.2) is 6.71 Å². The molecule has 7 aromatic rings. The molecule has 7 aromatic carbocycles. The van der Waals surface area contributed by atoms with Gasteiger partial charge in [-0.05, 0) is 87.9 Å². The molecule has 0 radical (unpaired) electrons. The maximum absolute atomic E-state index is 2.50. The highest BCUT2D eigenvalue weighted by Gasteiger charge is 2.47. The van der Waals surface area contributed by atoms with Gasteiger partial charge in [0.15, 0.2) is 0 Å². The van der Waals surface area contributed by atoms with E-state index in [-0.39, 0.29) is 6.71 Å². The monoisotopic (exact) mass is 664 g/mol. The van der Waals surface area contributed by atoms with Crippen LogP contribution in [0.3, 0.4) is 0 Å². The van der Waals surface area contributed by atoms with Crippen LogP contribution in [0.4, 0.5) is 0 Å². The van der Waals surface area contributed by atoms with Crippen molar-refractivity contribution in [3.8, 4) is 22.3 Å². The number of benzene rings is 7. The summed E-state index contributed by atoms with van der Waals surface area (Å²) in [4.78, 5) is 0. The Bertz CT molecular complexity index is 2450. The standard InChI is InChI=1S/C51H41B/c1-36-17-12-13-26-45(36)46-33-34-49-50(37(46)2)47-27-14-15-28-48(47)51(49,40-20-8-4-9-21-40)41-22-16-25-44(35-41)52(42-23-10-5-11-24-42)43-31-29-39(30-32-43)38-18-6-3-7-19-38/h3-11,13-16,18-35H,12,17H2,1-2H3. The Balaban J connectivity index is 1.27. The summed E-state index contributed by atoms with van der Waals surface area (Å²) < 4.78 is 0. The van der Waals surface area contributed by atoms with Gasteiger partial charge in [0.2, 0.25) is 6.71 Å². The quantitative estimate of drug-likeness (QED) is 0.149. The van der Waals surface area contributed by atoms with Crippen LogP contribution < -0.4 is 16.4 Å². The van der Waals surface area contributed by atoms with Crippen LogP contribution >= 0.6 is 0 Å². The number of fused-ring (bicyclic) bond motifs is 3. The predicted molar refractivity (Wildman–Crippen MR) is 222 cm³/mol. The van der Waals surface area contributed by atoms with Crippen molar-refractivity contribution in [1.82, 2.24) is 0 Å². The third kappa shape index (κ3) is 5.23. The molecule has 2 aliphatic rings. The Morgan fingerprint density at radius 3 is 1.85 bits per heavy atom. The summed E-state index contributed by atoms with van der Waals surface area (Å²) in [6.07, 6.45) is 6.92. The van der Waals surface area contributed by atoms with Crippen molar-refractivity contribution in [2.45, 2.75) is 32.1 Å². The molecule has 0 saturated carbocycles. The van der Waals surface area contributed by atoms with Crippen LogP contribution in [0.15, 0.2) is 194 Å². The van der Waals surface area contributed by atoms with Crippen LogP contribution in [0, 0.1) is 6.92 Å². The van der Waals surface area contributed by atoms with E-state index in [1.54, 1.807) is 0 Å². The second-order valence-corrected chi connectivity index (χ2v) is 14.4. The average Bonchev–Trinajstić information content (AvgIpc) is 3.52. The second kappa shape index (κ2) is 13.3. The van der Waals surface area contributed by atoms with E-state index in [0.29, 0.717) is 0 Å². The maximum Gasteiger partial charge on any atom is 0.241 e. The number of rotatable bonds is 7. The van der Waals surface area contributed by atoms with Gasteiger partial charge in [0, 0.05) is 0 Å². The van der Waals surface area contributed by atoms with E-state index in [9.17, 15) is 0 Å². The van der Waals surface area contributed by atoms with Crippen LogP contribution in [0.5, 0.6) is 0 Å². The van der Waals surface area contributed by atoms with Crippen molar-refractivity contribution in [3.05, 3.63) is 227 Å². The highest BCUT2D eigenvalue weighted by molar-refractivity contribution is 6.95. The van der Waals surface area contributed by atoms with Crippen molar-refractivity contribution in [2.24, 2.45) is 0 Å². The largest absolute Gasteiger partial charge is 0.241 e. The van der Waals surface area contributed by atoms with Crippen molar-refractivity contribution < 1.29 is 0 Å². The third-order valence-electron chi connectivity index (χ3n) is 11.5. The minimum absolute atomic E-state index is 0.0760. The third-order valence-corrected chi connectivity index (χ3v) is 11.5. The molecular formula is C51H41B. The lowest BCUT2D eigenvalue weighted by Gasteiger charge is -2.35. The molecule has 0 amide bonds. The fourth-order valence-corrected chi connectivity index (χ4v) is 9.08. The van der Waals surface area contributed by atoms with Gasteiger partial charge in [0.1, 0.15) is 0 Å². The molecule has 9 rings (SSSR count). The van der Waals surface area contributed by atoms with E-state index in [0.717, 1.165) is 12.8 Å². The van der Waals surface area contributed by atoms with Gasteiger partial charge in [0.25, 0.3) is 0 Å². The molecule has 0 bridgehead atoms. The lowest BCUT2D eigenvalue weighted by Crippen LogP contribution is -2.52. The number of hydrogen-bond acceptors (Lipinski definition) is 0. The minimum Gasteiger partial charge on any atom is -0.0836 e. The Labute approximate surface area is 308 Å². The summed E-state index contributed by atoms with van der Waals surface area (Å²) >= 11 is 0. The van der Waals surface area contributed by atoms with Gasteiger partial charge in [0.05, 0.1) is 5.41 Å². The lowest BCUT2D eigenvalue weighted by molar-refractivity contribution is 0.769. The van der Waals surface area contributed by atoms with E-state index in [4.69, 9.17) is 0 Å². The Morgan fingerprint density at radius 1 is 0.481 bits per heavy atom. The summed E-state index contributed by atoms with van der Waals surface area (Å²) in [5.41, 5.74) is 19.4. The summed E-state index contributed by atoms with van der Waals surface area (Å²) in [6, 6.07) is 65.5. The molecule has 2 aliphatic carbocycles. The maximum atomic E-state index is 2.50. The zero-order valence-corrected chi connectivity index (χ0v) is 29.9. The van der Waals surface area contributed by atoms with Gasteiger partial charge in [-0.25, -0.2) is 0 Å². The van der Waals surface area contributed by atoms with Crippen LogP contribution in [0.25, 0.3) is 27.8 Å². The Kier molecular flexibility index (Phi) is 8.21. The molecule has 0 fully saturated rings. The predicted octanol–water partition coefficient (Wildman–Crippen LogP) is 10.7. The zero-order valence-electron chi connectivity index (χ0n) is 29.9. The van der Waals surface area contributed by atoms with E-state index >= 15 is 0 Å². The van der Waals surface area contributed by atoms with Gasteiger partial charge >= 0.3 is 0 Å². The molecule has 0 nitrogen and oxygen atoms in total. The summed E-state index contributed by atoms with van der Waals surface area (Å²) in [7, 11) is 0. The van der Waals surface area contributed by atoms with Crippen LogP contribution in [-0.2, 0) is 5.41 Å². The molecule has 1 heteroatoms. The van der Waals surface area contributed by atoms with Crippen LogP contribution in [0.2, 0.25) is 0 Å². The zero-order chi connectivity index (χ0) is 35.1. The van der Waals surface area contributed by atoms with Crippen molar-refractivity contribution in [2.75, 3.05) is 0 Å². The Morgan fingerprint density at radius 2 is 1.10 bits per heavy atom. The van der Waals surface area contributed by atoms with E-state index in [1.165, 1.54) is 83.2 Å². The minimum atomic E-state index is -0.475. The highest BCUT2D eigenvalue weighted by atomic mass is 14.5. The fraction of sp³-hybridized carbons (Fsp3) is 0.0980. The molecule has 52 heavy (non-hydrogen) atoms. The smallest absolute Gasteiger partial charge is 0.0836 e. The molecule has 0 aromatic heterocycles. The topological polar surface area (TPSA) is 0 Å². The normalized spacial score (nSPS) is 16.0. The molecular weight excluding hydrogens is 623 g/mol. The lowest BCUT2D eigenvalue weighted by atomic mass is 9.36. The second-order valence-electron chi connectivity index (χ2n) is 14.4.